The number of aromatic nitrogens is 1. The van der Waals surface area contributed by atoms with Gasteiger partial charge in [0.05, 0.1) is 12.8 Å². The summed E-state index contributed by atoms with van der Waals surface area (Å²) in [6.45, 7) is 6.84. The first kappa shape index (κ1) is 23.5. The van der Waals surface area contributed by atoms with E-state index in [0.29, 0.717) is 5.91 Å². The van der Waals surface area contributed by atoms with Crippen LogP contribution in [-0.4, -0.2) is 66.7 Å². The molecule has 0 atom stereocenters. The van der Waals surface area contributed by atoms with Crippen LogP contribution in [0.2, 0.25) is 0 Å². The third-order valence-electron chi connectivity index (χ3n) is 6.57. The molecule has 4 rings (SSSR count). The number of methoxy groups -OCH3 is 1. The highest BCUT2D eigenvalue weighted by Gasteiger charge is 2.21. The number of hydrogen-bond donors (Lipinski definition) is 0. The second-order valence-corrected chi connectivity index (χ2v) is 8.40. The summed E-state index contributed by atoms with van der Waals surface area (Å²) in [6, 6.07) is 12.8. The zero-order chi connectivity index (χ0) is 20.9. The molecule has 170 valence electrons. The number of para-hydroxylation sites is 2. The Morgan fingerprint density at radius 1 is 0.935 bits per heavy atom. The molecular weight excluding hydrogens is 412 g/mol. The van der Waals surface area contributed by atoms with Gasteiger partial charge in [-0.1, -0.05) is 12.1 Å². The molecule has 0 unspecified atom stereocenters. The smallest absolute Gasteiger partial charge is 0.222 e. The molecule has 2 fully saturated rings. The van der Waals surface area contributed by atoms with Crippen LogP contribution in [0.15, 0.2) is 36.4 Å². The van der Waals surface area contributed by atoms with Crippen molar-refractivity contribution in [3.05, 3.63) is 47.8 Å². The summed E-state index contributed by atoms with van der Waals surface area (Å²) in [5.74, 6) is 1.27. The molecular formula is C24H35ClN4O2. The number of piperazine rings is 1. The second-order valence-electron chi connectivity index (χ2n) is 8.40. The van der Waals surface area contributed by atoms with Crippen molar-refractivity contribution < 1.29 is 9.53 Å². The van der Waals surface area contributed by atoms with E-state index in [1.54, 1.807) is 7.11 Å². The number of amides is 1. The van der Waals surface area contributed by atoms with Crippen molar-refractivity contribution in [3.8, 4) is 5.75 Å². The van der Waals surface area contributed by atoms with E-state index < -0.39 is 0 Å². The highest BCUT2D eigenvalue weighted by Crippen LogP contribution is 2.28. The summed E-state index contributed by atoms with van der Waals surface area (Å²) in [4.78, 5) is 19.0. The van der Waals surface area contributed by atoms with Crippen molar-refractivity contribution in [2.45, 2.75) is 32.2 Å². The van der Waals surface area contributed by atoms with Crippen LogP contribution in [0, 0.1) is 0 Å². The Balaban J connectivity index is 0.00000272. The minimum Gasteiger partial charge on any atom is -0.495 e. The molecule has 31 heavy (non-hydrogen) atoms. The van der Waals surface area contributed by atoms with E-state index in [1.807, 2.05) is 17.0 Å². The third kappa shape index (κ3) is 5.55. The number of likely N-dealkylation sites (tertiary alicyclic amines) is 1. The third-order valence-corrected chi connectivity index (χ3v) is 6.57. The standard InChI is InChI=1S/C24H34N4O2.ClH/c1-25-20(12-14-28-13-6-5-9-24(28)29)10-11-21(25)19-26-15-17-27(18-16-26)22-7-3-4-8-23(22)30-2;/h3-4,7-8,10-11H,5-6,9,12-19H2,1-2H3;1H. The predicted octanol–water partition coefficient (Wildman–Crippen LogP) is 3.33. The lowest BCUT2D eigenvalue weighted by molar-refractivity contribution is -0.133. The number of carbonyl (C=O) groups is 1. The molecule has 1 aromatic carbocycles. The van der Waals surface area contributed by atoms with Crippen molar-refractivity contribution in [1.29, 1.82) is 0 Å². The Labute approximate surface area is 192 Å². The van der Waals surface area contributed by atoms with Crippen LogP contribution in [0.3, 0.4) is 0 Å². The maximum atomic E-state index is 12.0. The molecule has 2 aromatic rings. The van der Waals surface area contributed by atoms with Gasteiger partial charge in [-0.05, 0) is 37.1 Å². The van der Waals surface area contributed by atoms with Crippen LogP contribution in [0.4, 0.5) is 5.69 Å². The summed E-state index contributed by atoms with van der Waals surface area (Å²) in [7, 11) is 3.90. The highest BCUT2D eigenvalue weighted by atomic mass is 35.5. The number of hydrogen-bond acceptors (Lipinski definition) is 4. The fourth-order valence-corrected chi connectivity index (χ4v) is 4.62. The molecule has 1 amide bonds. The van der Waals surface area contributed by atoms with E-state index in [4.69, 9.17) is 4.74 Å². The molecule has 2 saturated heterocycles. The van der Waals surface area contributed by atoms with E-state index in [9.17, 15) is 4.79 Å². The Kier molecular flexibility index (Phi) is 8.27. The minimum atomic E-state index is 0. The Morgan fingerprint density at radius 3 is 2.42 bits per heavy atom. The largest absolute Gasteiger partial charge is 0.495 e. The van der Waals surface area contributed by atoms with Gasteiger partial charge >= 0.3 is 0 Å². The molecule has 0 aliphatic carbocycles. The van der Waals surface area contributed by atoms with Gasteiger partial charge in [0.15, 0.2) is 0 Å². The minimum absolute atomic E-state index is 0. The molecule has 3 heterocycles. The van der Waals surface area contributed by atoms with Gasteiger partial charge in [-0.15, -0.1) is 12.4 Å². The van der Waals surface area contributed by atoms with Gasteiger partial charge in [-0.2, -0.15) is 0 Å². The zero-order valence-electron chi connectivity index (χ0n) is 18.8. The molecule has 0 radical (unpaired) electrons. The summed E-state index contributed by atoms with van der Waals surface area (Å²) < 4.78 is 7.85. The predicted molar refractivity (Wildman–Crippen MR) is 127 cm³/mol. The second kappa shape index (κ2) is 10.9. The van der Waals surface area contributed by atoms with Crippen LogP contribution in [-0.2, 0) is 24.8 Å². The van der Waals surface area contributed by atoms with E-state index in [-0.39, 0.29) is 12.4 Å². The Hall–Kier alpha value is -2.18. The monoisotopic (exact) mass is 446 g/mol. The molecule has 0 bridgehead atoms. The molecule has 0 saturated carbocycles. The summed E-state index contributed by atoms with van der Waals surface area (Å²) in [5, 5.41) is 0. The first-order valence-corrected chi connectivity index (χ1v) is 11.2. The van der Waals surface area contributed by atoms with Gasteiger partial charge in [0.25, 0.3) is 0 Å². The van der Waals surface area contributed by atoms with Crippen LogP contribution in [0.5, 0.6) is 5.75 Å². The highest BCUT2D eigenvalue weighted by molar-refractivity contribution is 5.85. The number of rotatable bonds is 7. The molecule has 1 aromatic heterocycles. The van der Waals surface area contributed by atoms with Gasteiger partial charge in [0.2, 0.25) is 5.91 Å². The van der Waals surface area contributed by atoms with Crippen molar-refractivity contribution in [3.63, 3.8) is 0 Å². The van der Waals surface area contributed by atoms with Gasteiger partial charge in [-0.25, -0.2) is 0 Å². The van der Waals surface area contributed by atoms with Gasteiger partial charge in [0, 0.05) is 77.1 Å². The van der Waals surface area contributed by atoms with Crippen LogP contribution < -0.4 is 9.64 Å². The van der Waals surface area contributed by atoms with E-state index in [0.717, 1.165) is 77.2 Å². The van der Waals surface area contributed by atoms with Crippen molar-refractivity contribution in [1.82, 2.24) is 14.4 Å². The number of anilines is 1. The quantitative estimate of drug-likeness (QED) is 0.654. The topological polar surface area (TPSA) is 41.0 Å². The number of benzene rings is 1. The van der Waals surface area contributed by atoms with E-state index in [2.05, 4.69) is 45.7 Å². The maximum absolute atomic E-state index is 12.0. The molecule has 0 N–H and O–H groups in total. The molecule has 6 nitrogen and oxygen atoms in total. The normalized spacial score (nSPS) is 17.5. The Bertz CT molecular complexity index is 861. The van der Waals surface area contributed by atoms with Gasteiger partial charge < -0.3 is 19.1 Å². The van der Waals surface area contributed by atoms with Crippen molar-refractivity contribution in [2.75, 3.05) is 51.3 Å². The SMILES string of the molecule is COc1ccccc1N1CCN(Cc2ccc(CCN3CCCCC3=O)n2C)CC1.Cl. The number of halogens is 1. The summed E-state index contributed by atoms with van der Waals surface area (Å²) in [6.07, 6.45) is 3.85. The zero-order valence-corrected chi connectivity index (χ0v) is 19.6. The van der Waals surface area contributed by atoms with Gasteiger partial charge in [0.1, 0.15) is 5.75 Å². The lowest BCUT2D eigenvalue weighted by atomic mass is 10.1. The lowest BCUT2D eigenvalue weighted by Crippen LogP contribution is -2.46. The van der Waals surface area contributed by atoms with Crippen molar-refractivity contribution in [2.24, 2.45) is 7.05 Å². The fourth-order valence-electron chi connectivity index (χ4n) is 4.62. The first-order chi connectivity index (χ1) is 14.7. The number of piperidine rings is 1. The molecule has 0 spiro atoms. The molecule has 7 heteroatoms. The van der Waals surface area contributed by atoms with E-state index in [1.165, 1.54) is 17.1 Å². The summed E-state index contributed by atoms with van der Waals surface area (Å²) >= 11 is 0. The van der Waals surface area contributed by atoms with Crippen LogP contribution in [0.1, 0.15) is 30.7 Å². The summed E-state index contributed by atoms with van der Waals surface area (Å²) in [5.41, 5.74) is 3.85. The Morgan fingerprint density at radius 2 is 1.68 bits per heavy atom. The molecule has 2 aliphatic rings. The molecule has 2 aliphatic heterocycles. The average Bonchev–Trinajstić information content (AvgIpc) is 3.13. The number of nitrogens with zero attached hydrogens (tertiary/aromatic N) is 4. The first-order valence-electron chi connectivity index (χ1n) is 11.2. The number of ether oxygens (including phenoxy) is 1. The number of carbonyl (C=O) groups excluding carboxylic acids is 1. The lowest BCUT2D eigenvalue weighted by Gasteiger charge is -2.36. The van der Waals surface area contributed by atoms with Crippen molar-refractivity contribution >= 4 is 24.0 Å². The average molecular weight is 447 g/mol. The van der Waals surface area contributed by atoms with Crippen LogP contribution >= 0.6 is 12.4 Å². The van der Waals surface area contributed by atoms with Crippen LogP contribution in [0.25, 0.3) is 0 Å². The van der Waals surface area contributed by atoms with E-state index >= 15 is 0 Å². The fraction of sp³-hybridized carbons (Fsp3) is 0.542. The van der Waals surface area contributed by atoms with Gasteiger partial charge in [-0.3, -0.25) is 9.69 Å². The maximum Gasteiger partial charge on any atom is 0.222 e.